The molecule has 0 radical (unpaired) electrons. The highest BCUT2D eigenvalue weighted by Gasteiger charge is 2.23. The summed E-state index contributed by atoms with van der Waals surface area (Å²) in [5, 5.41) is 0. The Morgan fingerprint density at radius 3 is 2.47 bits per heavy atom. The molecule has 0 N–H and O–H groups in total. The highest BCUT2D eigenvalue weighted by molar-refractivity contribution is 6.18. The molecule has 104 valence electrons. The number of alkyl halides is 1. The van der Waals surface area contributed by atoms with Gasteiger partial charge in [0.2, 0.25) is 0 Å². The fourth-order valence-electron chi connectivity index (χ4n) is 2.72. The molecule has 0 unspecified atom stereocenters. The van der Waals surface area contributed by atoms with Crippen molar-refractivity contribution in [3.05, 3.63) is 41.6 Å². The molecule has 1 aromatic rings. The average Bonchev–Trinajstić information content (AvgIpc) is 2.47. The van der Waals surface area contributed by atoms with Crippen molar-refractivity contribution in [1.29, 1.82) is 0 Å². The lowest BCUT2D eigenvalue weighted by Crippen LogP contribution is -2.44. The Hall–Kier alpha value is -0.990. The molecule has 19 heavy (non-hydrogen) atoms. The van der Waals surface area contributed by atoms with Gasteiger partial charge >= 0.3 is 0 Å². The van der Waals surface area contributed by atoms with Crippen molar-refractivity contribution >= 4 is 17.3 Å². The molecule has 0 saturated heterocycles. The van der Waals surface area contributed by atoms with Gasteiger partial charge in [0.15, 0.2) is 0 Å². The molecule has 1 aliphatic rings. The van der Waals surface area contributed by atoms with E-state index in [0.29, 0.717) is 5.88 Å². The van der Waals surface area contributed by atoms with E-state index < -0.39 is 0 Å². The lowest BCUT2D eigenvalue weighted by atomic mass is 10.0. The van der Waals surface area contributed by atoms with E-state index in [4.69, 9.17) is 11.6 Å². The van der Waals surface area contributed by atoms with Crippen LogP contribution in [0.5, 0.6) is 0 Å². The van der Waals surface area contributed by atoms with Gasteiger partial charge in [-0.2, -0.15) is 0 Å². The van der Waals surface area contributed by atoms with Crippen LogP contribution in [0, 0.1) is 0 Å². The number of benzene rings is 1. The van der Waals surface area contributed by atoms with Crippen molar-refractivity contribution < 1.29 is 0 Å². The van der Waals surface area contributed by atoms with Crippen molar-refractivity contribution in [2.24, 2.45) is 0 Å². The third-order valence-corrected chi connectivity index (χ3v) is 3.93. The highest BCUT2D eigenvalue weighted by atomic mass is 35.5. The van der Waals surface area contributed by atoms with E-state index in [0.717, 1.165) is 32.6 Å². The topological polar surface area (TPSA) is 6.48 Å². The summed E-state index contributed by atoms with van der Waals surface area (Å²) in [6, 6.07) is 10.7. The minimum absolute atomic E-state index is 0.707. The Kier molecular flexibility index (Phi) is 5.29. The van der Waals surface area contributed by atoms with Crippen LogP contribution in [0.25, 0.3) is 0 Å². The van der Waals surface area contributed by atoms with Crippen molar-refractivity contribution in [3.63, 3.8) is 0 Å². The zero-order valence-electron chi connectivity index (χ0n) is 11.9. The number of anilines is 1. The number of hydrogen-bond acceptors (Lipinski definition) is 2. The summed E-state index contributed by atoms with van der Waals surface area (Å²) in [4.78, 5) is 4.91. The predicted octanol–water partition coefficient (Wildman–Crippen LogP) is 4.08. The van der Waals surface area contributed by atoms with E-state index in [9.17, 15) is 0 Å². The van der Waals surface area contributed by atoms with Crippen LogP contribution in [0.3, 0.4) is 0 Å². The third-order valence-electron chi connectivity index (χ3n) is 3.74. The summed E-state index contributed by atoms with van der Waals surface area (Å²) >= 11 is 5.97. The Bertz CT molecular complexity index is 428. The number of rotatable bonds is 5. The van der Waals surface area contributed by atoms with E-state index in [-0.39, 0.29) is 0 Å². The fraction of sp³-hybridized carbons (Fsp3) is 0.500. The van der Waals surface area contributed by atoms with Crippen LogP contribution >= 0.6 is 11.6 Å². The summed E-state index contributed by atoms with van der Waals surface area (Å²) in [6.45, 7) is 7.58. The van der Waals surface area contributed by atoms with Gasteiger partial charge in [0.05, 0.1) is 6.67 Å². The molecule has 0 saturated carbocycles. The largest absolute Gasteiger partial charge is 0.332 e. The second-order valence-corrected chi connectivity index (χ2v) is 5.27. The van der Waals surface area contributed by atoms with Gasteiger partial charge in [-0.25, -0.2) is 0 Å². The van der Waals surface area contributed by atoms with Gasteiger partial charge in [0.1, 0.15) is 0 Å². The van der Waals surface area contributed by atoms with Crippen LogP contribution in [0.15, 0.2) is 41.6 Å². The number of para-hydroxylation sites is 1. The first-order valence-electron chi connectivity index (χ1n) is 7.11. The van der Waals surface area contributed by atoms with Crippen molar-refractivity contribution in [3.8, 4) is 0 Å². The van der Waals surface area contributed by atoms with Gasteiger partial charge in [-0.3, -0.25) is 4.90 Å². The fourth-order valence-corrected chi connectivity index (χ4v) is 2.95. The zero-order chi connectivity index (χ0) is 13.7. The monoisotopic (exact) mass is 278 g/mol. The van der Waals surface area contributed by atoms with Crippen LogP contribution in [0.4, 0.5) is 5.69 Å². The molecule has 0 aliphatic carbocycles. The van der Waals surface area contributed by atoms with E-state index in [1.807, 2.05) is 0 Å². The Morgan fingerprint density at radius 1 is 1.16 bits per heavy atom. The van der Waals surface area contributed by atoms with Gasteiger partial charge in [0, 0.05) is 23.8 Å². The number of halogens is 1. The highest BCUT2D eigenvalue weighted by Crippen LogP contribution is 2.29. The molecule has 0 spiro atoms. The quantitative estimate of drug-likeness (QED) is 0.749. The smallest absolute Gasteiger partial charge is 0.0756 e. The minimum Gasteiger partial charge on any atom is -0.332 e. The molecule has 1 aliphatic heterocycles. The van der Waals surface area contributed by atoms with Crippen molar-refractivity contribution in [1.82, 2.24) is 4.90 Å². The summed E-state index contributed by atoms with van der Waals surface area (Å²) in [5.74, 6) is 0.707. The molecule has 0 aromatic heterocycles. The number of hydrogen-bond donors (Lipinski definition) is 0. The first-order chi connectivity index (χ1) is 9.30. The lowest BCUT2D eigenvalue weighted by molar-refractivity contribution is 0.296. The molecule has 3 heteroatoms. The summed E-state index contributed by atoms with van der Waals surface area (Å²) in [7, 11) is 0. The Morgan fingerprint density at radius 2 is 1.89 bits per heavy atom. The molecule has 2 nitrogen and oxygen atoms in total. The molecule has 0 fully saturated rings. The van der Waals surface area contributed by atoms with Gasteiger partial charge < -0.3 is 4.90 Å². The number of allylic oxidation sites excluding steroid dienone is 1. The zero-order valence-corrected chi connectivity index (χ0v) is 12.7. The molecule has 2 rings (SSSR count). The van der Waals surface area contributed by atoms with Crippen molar-refractivity contribution in [2.45, 2.75) is 26.7 Å². The molecular weight excluding hydrogens is 256 g/mol. The maximum absolute atomic E-state index is 5.97. The number of likely N-dealkylation sites (N-methyl/N-ethyl adjacent to an activating group) is 1. The van der Waals surface area contributed by atoms with Gasteiger partial charge in [-0.1, -0.05) is 32.0 Å². The van der Waals surface area contributed by atoms with Crippen LogP contribution in [-0.2, 0) is 0 Å². The predicted molar refractivity (Wildman–Crippen MR) is 83.7 cm³/mol. The normalized spacial score (nSPS) is 17.1. The van der Waals surface area contributed by atoms with E-state index in [1.54, 1.807) is 0 Å². The molecule has 1 aromatic carbocycles. The van der Waals surface area contributed by atoms with Gasteiger partial charge in [-0.05, 0) is 37.1 Å². The Balaban J connectivity index is 2.35. The summed E-state index contributed by atoms with van der Waals surface area (Å²) < 4.78 is 0. The lowest BCUT2D eigenvalue weighted by Gasteiger charge is -2.40. The Labute approximate surface area is 121 Å². The molecule has 1 heterocycles. The second kappa shape index (κ2) is 6.97. The standard InChI is InChI=1S/C16H23ClN2/c1-3-16-14(10-11-17)12-18(4-2)13-19(16)15-8-6-5-7-9-15/h5-9H,3-4,10-13H2,1-2H3. The number of nitrogens with zero attached hydrogens (tertiary/aromatic N) is 2. The third kappa shape index (κ3) is 3.31. The first kappa shape index (κ1) is 14.4. The maximum Gasteiger partial charge on any atom is 0.0756 e. The van der Waals surface area contributed by atoms with E-state index in [1.165, 1.54) is 17.0 Å². The van der Waals surface area contributed by atoms with Crippen LogP contribution in [0.2, 0.25) is 0 Å². The SMILES string of the molecule is CCC1=C(CCCl)CN(CC)CN1c1ccccc1. The second-order valence-electron chi connectivity index (χ2n) is 4.89. The van der Waals surface area contributed by atoms with Crippen LogP contribution in [-0.4, -0.2) is 30.5 Å². The van der Waals surface area contributed by atoms with Crippen LogP contribution < -0.4 is 4.90 Å². The first-order valence-corrected chi connectivity index (χ1v) is 7.65. The van der Waals surface area contributed by atoms with Crippen LogP contribution in [0.1, 0.15) is 26.7 Å². The molecule has 0 bridgehead atoms. The van der Waals surface area contributed by atoms with Gasteiger partial charge in [0.25, 0.3) is 0 Å². The van der Waals surface area contributed by atoms with E-state index >= 15 is 0 Å². The molecular formula is C16H23ClN2. The van der Waals surface area contributed by atoms with E-state index in [2.05, 4.69) is 54.0 Å². The molecule has 0 amide bonds. The van der Waals surface area contributed by atoms with Crippen molar-refractivity contribution in [2.75, 3.05) is 30.5 Å². The summed E-state index contributed by atoms with van der Waals surface area (Å²) in [5.41, 5.74) is 4.23. The molecule has 0 atom stereocenters. The van der Waals surface area contributed by atoms with Gasteiger partial charge in [-0.15, -0.1) is 11.6 Å². The summed E-state index contributed by atoms with van der Waals surface area (Å²) in [6.07, 6.45) is 2.06. The maximum atomic E-state index is 5.97. The minimum atomic E-state index is 0.707. The average molecular weight is 279 g/mol.